The van der Waals surface area contributed by atoms with E-state index in [0.29, 0.717) is 18.2 Å². The van der Waals surface area contributed by atoms with Gasteiger partial charge in [-0.1, -0.05) is 49.8 Å². The summed E-state index contributed by atoms with van der Waals surface area (Å²) in [6.45, 7) is 4.76. The highest BCUT2D eigenvalue weighted by Crippen LogP contribution is 2.21. The Morgan fingerprint density at radius 1 is 1.11 bits per heavy atom. The number of unbranched alkanes of at least 4 members (excludes halogenated alkanes) is 1. The molecule has 0 radical (unpaired) electrons. The second-order valence-corrected chi connectivity index (χ2v) is 6.36. The summed E-state index contributed by atoms with van der Waals surface area (Å²) in [7, 11) is 0. The minimum Gasteiger partial charge on any atom is -0.494 e. The summed E-state index contributed by atoms with van der Waals surface area (Å²) in [6.07, 6.45) is 5.86. The van der Waals surface area contributed by atoms with Crippen molar-refractivity contribution in [3.8, 4) is 5.75 Å². The van der Waals surface area contributed by atoms with E-state index in [1.165, 1.54) is 0 Å². The van der Waals surface area contributed by atoms with Crippen molar-refractivity contribution in [3.63, 3.8) is 0 Å². The molecule has 27 heavy (non-hydrogen) atoms. The number of carbonyl (C=O) groups is 1. The van der Waals surface area contributed by atoms with Gasteiger partial charge in [0, 0.05) is 5.56 Å². The fourth-order valence-corrected chi connectivity index (χ4v) is 2.63. The van der Waals surface area contributed by atoms with Gasteiger partial charge in [-0.25, -0.2) is 9.79 Å². The van der Waals surface area contributed by atoms with Gasteiger partial charge in [0.05, 0.1) is 6.61 Å². The first kappa shape index (κ1) is 18.6. The predicted molar refractivity (Wildman–Crippen MR) is 108 cm³/mol. The quantitative estimate of drug-likeness (QED) is 0.389. The van der Waals surface area contributed by atoms with E-state index in [1.807, 2.05) is 67.6 Å². The van der Waals surface area contributed by atoms with Gasteiger partial charge in [-0.3, -0.25) is 0 Å². The molecule has 1 aliphatic rings. The number of rotatable bonds is 7. The van der Waals surface area contributed by atoms with Crippen molar-refractivity contribution < 1.29 is 14.3 Å². The SMILES string of the molecule is CCCCOc1ccc(C2=NC(=CC(C)=Cc3ccccc3)C(=O)O2)cc1. The van der Waals surface area contributed by atoms with E-state index in [-0.39, 0.29) is 0 Å². The van der Waals surface area contributed by atoms with E-state index in [0.717, 1.165) is 35.3 Å². The number of hydrogen-bond acceptors (Lipinski definition) is 4. The lowest BCUT2D eigenvalue weighted by molar-refractivity contribution is -0.130. The van der Waals surface area contributed by atoms with Gasteiger partial charge >= 0.3 is 5.97 Å². The number of nitrogens with zero attached hydrogens (tertiary/aromatic N) is 1. The fraction of sp³-hybridized carbons (Fsp3) is 0.217. The number of hydrogen-bond donors (Lipinski definition) is 0. The van der Waals surface area contributed by atoms with Gasteiger partial charge in [-0.05, 0) is 54.8 Å². The molecule has 0 bridgehead atoms. The summed E-state index contributed by atoms with van der Waals surface area (Å²) in [5.41, 5.74) is 3.05. The third-order valence-electron chi connectivity index (χ3n) is 4.05. The third kappa shape index (κ3) is 5.17. The van der Waals surface area contributed by atoms with E-state index in [2.05, 4.69) is 11.9 Å². The highest BCUT2D eigenvalue weighted by atomic mass is 16.6. The van der Waals surface area contributed by atoms with Crippen LogP contribution in [-0.2, 0) is 9.53 Å². The average Bonchev–Trinajstić information content (AvgIpc) is 3.03. The molecule has 0 aromatic heterocycles. The molecule has 0 spiro atoms. The third-order valence-corrected chi connectivity index (χ3v) is 4.05. The maximum absolute atomic E-state index is 12.1. The molecule has 4 heteroatoms. The average molecular weight is 361 g/mol. The maximum atomic E-state index is 12.1. The van der Waals surface area contributed by atoms with Crippen LogP contribution in [0.3, 0.4) is 0 Å². The molecule has 2 aromatic rings. The highest BCUT2D eigenvalue weighted by Gasteiger charge is 2.24. The number of aliphatic imine (C=N–C) groups is 1. The summed E-state index contributed by atoms with van der Waals surface area (Å²) in [5, 5.41) is 0. The van der Waals surface area contributed by atoms with Gasteiger partial charge in [0.1, 0.15) is 5.75 Å². The second-order valence-electron chi connectivity index (χ2n) is 6.36. The Balaban J connectivity index is 1.73. The van der Waals surface area contributed by atoms with Crippen LogP contribution in [0, 0.1) is 0 Å². The maximum Gasteiger partial charge on any atom is 0.363 e. The Morgan fingerprint density at radius 2 is 1.85 bits per heavy atom. The van der Waals surface area contributed by atoms with Crippen LogP contribution in [-0.4, -0.2) is 18.5 Å². The molecule has 0 fully saturated rings. The largest absolute Gasteiger partial charge is 0.494 e. The Morgan fingerprint density at radius 3 is 2.56 bits per heavy atom. The van der Waals surface area contributed by atoms with Gasteiger partial charge < -0.3 is 9.47 Å². The number of ether oxygens (including phenoxy) is 2. The van der Waals surface area contributed by atoms with E-state index in [9.17, 15) is 4.79 Å². The molecule has 0 amide bonds. The minimum absolute atomic E-state index is 0.304. The zero-order valence-electron chi connectivity index (χ0n) is 15.6. The lowest BCUT2D eigenvalue weighted by Crippen LogP contribution is -2.05. The number of carbonyl (C=O) groups excluding carboxylic acids is 1. The monoisotopic (exact) mass is 361 g/mol. The number of cyclic esters (lactones) is 1. The predicted octanol–water partition coefficient (Wildman–Crippen LogP) is 5.16. The zero-order chi connectivity index (χ0) is 19.1. The van der Waals surface area contributed by atoms with Gasteiger partial charge in [0.2, 0.25) is 5.90 Å². The molecule has 4 nitrogen and oxygen atoms in total. The van der Waals surface area contributed by atoms with Crippen LogP contribution >= 0.6 is 0 Å². The van der Waals surface area contributed by atoms with Gasteiger partial charge in [-0.2, -0.15) is 0 Å². The Hall–Kier alpha value is -3.14. The van der Waals surface area contributed by atoms with Crippen molar-refractivity contribution in [2.24, 2.45) is 4.99 Å². The molecule has 0 unspecified atom stereocenters. The highest BCUT2D eigenvalue weighted by molar-refractivity contribution is 6.11. The molecule has 0 atom stereocenters. The first-order chi connectivity index (χ1) is 13.2. The molecule has 0 saturated carbocycles. The number of benzene rings is 2. The zero-order valence-corrected chi connectivity index (χ0v) is 15.6. The standard InChI is InChI=1S/C23H23NO3/c1-3-4-14-26-20-12-10-19(11-13-20)22-24-21(23(25)27-22)16-17(2)15-18-8-6-5-7-9-18/h5-13,15-16H,3-4,14H2,1-2H3. The smallest absolute Gasteiger partial charge is 0.363 e. The van der Waals surface area contributed by atoms with Gasteiger partial charge in [0.15, 0.2) is 5.70 Å². The van der Waals surface area contributed by atoms with E-state index in [1.54, 1.807) is 6.08 Å². The Kier molecular flexibility index (Phi) is 6.21. The fourth-order valence-electron chi connectivity index (χ4n) is 2.63. The molecule has 2 aromatic carbocycles. The van der Waals surface area contributed by atoms with Crippen LogP contribution < -0.4 is 4.74 Å². The van der Waals surface area contributed by atoms with Crippen molar-refractivity contribution in [2.45, 2.75) is 26.7 Å². The van der Waals surface area contributed by atoms with Crippen molar-refractivity contribution in [1.29, 1.82) is 0 Å². The van der Waals surface area contributed by atoms with Crippen LogP contribution in [0.15, 0.2) is 76.9 Å². The summed E-state index contributed by atoms with van der Waals surface area (Å²) < 4.78 is 11.0. The lowest BCUT2D eigenvalue weighted by Gasteiger charge is -2.05. The summed E-state index contributed by atoms with van der Waals surface area (Å²) in [5.74, 6) is 0.683. The van der Waals surface area contributed by atoms with Crippen LogP contribution in [0.1, 0.15) is 37.8 Å². The molecule has 3 rings (SSSR count). The summed E-state index contributed by atoms with van der Waals surface area (Å²) in [4.78, 5) is 16.5. The second kappa shape index (κ2) is 8.99. The minimum atomic E-state index is -0.436. The van der Waals surface area contributed by atoms with Crippen LogP contribution in [0.4, 0.5) is 0 Å². The van der Waals surface area contributed by atoms with E-state index < -0.39 is 5.97 Å². The van der Waals surface area contributed by atoms with Gasteiger partial charge in [0.25, 0.3) is 0 Å². The topological polar surface area (TPSA) is 47.9 Å². The molecule has 0 aliphatic carbocycles. The molecule has 0 saturated heterocycles. The van der Waals surface area contributed by atoms with E-state index in [4.69, 9.17) is 9.47 Å². The number of esters is 1. The lowest BCUT2D eigenvalue weighted by atomic mass is 10.1. The van der Waals surface area contributed by atoms with Crippen molar-refractivity contribution in [3.05, 3.63) is 83.1 Å². The molecule has 1 heterocycles. The van der Waals surface area contributed by atoms with E-state index >= 15 is 0 Å². The molecule has 1 aliphatic heterocycles. The molecule has 0 N–H and O–H groups in total. The summed E-state index contributed by atoms with van der Waals surface area (Å²) in [6, 6.07) is 17.4. The van der Waals surface area contributed by atoms with Crippen LogP contribution in [0.25, 0.3) is 6.08 Å². The first-order valence-corrected chi connectivity index (χ1v) is 9.15. The van der Waals surface area contributed by atoms with Crippen molar-refractivity contribution in [1.82, 2.24) is 0 Å². The van der Waals surface area contributed by atoms with Crippen molar-refractivity contribution >= 4 is 17.9 Å². The number of allylic oxidation sites excluding steroid dienone is 2. The molecule has 138 valence electrons. The Bertz CT molecular complexity index is 878. The first-order valence-electron chi connectivity index (χ1n) is 9.15. The van der Waals surface area contributed by atoms with Gasteiger partial charge in [-0.15, -0.1) is 0 Å². The summed E-state index contributed by atoms with van der Waals surface area (Å²) >= 11 is 0. The molecular weight excluding hydrogens is 338 g/mol. The van der Waals surface area contributed by atoms with Crippen LogP contribution in [0.5, 0.6) is 5.75 Å². The molecular formula is C23H23NO3. The Labute approximate surface area is 159 Å². The van der Waals surface area contributed by atoms with Crippen molar-refractivity contribution in [2.75, 3.05) is 6.61 Å². The normalized spacial score (nSPS) is 15.6. The van der Waals surface area contributed by atoms with Crippen LogP contribution in [0.2, 0.25) is 0 Å².